The number of halogens is 4. The molecule has 2 nitrogen and oxygen atoms in total. The molecule has 0 saturated carbocycles. The van der Waals surface area contributed by atoms with Gasteiger partial charge >= 0.3 is 6.18 Å². The lowest BCUT2D eigenvalue weighted by molar-refractivity contribution is -0.138. The van der Waals surface area contributed by atoms with Crippen molar-refractivity contribution in [2.24, 2.45) is 0 Å². The van der Waals surface area contributed by atoms with Crippen LogP contribution < -0.4 is 5.32 Å². The molecule has 1 aromatic carbocycles. The number of anilines is 1. The third-order valence-corrected chi connectivity index (χ3v) is 4.03. The standard InChI is InChI=1S/C14H17BrF3NO/c1-8-5-11(6-9(2)20-8)19-10-3-4-13(15)12(7-10)14(16,17)18/h3-4,7-9,11,19H,5-6H2,1-2H3. The summed E-state index contributed by atoms with van der Waals surface area (Å²) in [5.41, 5.74) is -0.164. The molecular formula is C14H17BrF3NO. The third-order valence-electron chi connectivity index (χ3n) is 3.34. The average molecular weight is 352 g/mol. The zero-order chi connectivity index (χ0) is 14.9. The summed E-state index contributed by atoms with van der Waals surface area (Å²) in [7, 11) is 0. The fraction of sp³-hybridized carbons (Fsp3) is 0.571. The van der Waals surface area contributed by atoms with E-state index in [1.165, 1.54) is 6.07 Å². The molecule has 0 bridgehead atoms. The summed E-state index contributed by atoms with van der Waals surface area (Å²) in [6.07, 6.45) is -2.53. The number of rotatable bonds is 2. The lowest BCUT2D eigenvalue weighted by Gasteiger charge is -2.33. The summed E-state index contributed by atoms with van der Waals surface area (Å²) in [5, 5.41) is 3.18. The summed E-state index contributed by atoms with van der Waals surface area (Å²) in [4.78, 5) is 0. The Morgan fingerprint density at radius 3 is 2.35 bits per heavy atom. The van der Waals surface area contributed by atoms with Crippen molar-refractivity contribution < 1.29 is 17.9 Å². The first-order valence-electron chi connectivity index (χ1n) is 6.54. The van der Waals surface area contributed by atoms with Gasteiger partial charge in [-0.1, -0.05) is 15.9 Å². The van der Waals surface area contributed by atoms with Gasteiger partial charge in [-0.2, -0.15) is 13.2 Å². The second-order valence-corrected chi connectivity index (χ2v) is 6.12. The molecule has 2 atom stereocenters. The first-order valence-corrected chi connectivity index (χ1v) is 7.33. The van der Waals surface area contributed by atoms with Crippen molar-refractivity contribution in [2.75, 3.05) is 5.32 Å². The van der Waals surface area contributed by atoms with E-state index in [0.717, 1.165) is 18.9 Å². The molecule has 1 aliphatic rings. The zero-order valence-corrected chi connectivity index (χ0v) is 12.9. The quantitative estimate of drug-likeness (QED) is 0.823. The van der Waals surface area contributed by atoms with Crippen LogP contribution in [0, 0.1) is 0 Å². The minimum Gasteiger partial charge on any atom is -0.382 e. The van der Waals surface area contributed by atoms with Crippen molar-refractivity contribution in [3.05, 3.63) is 28.2 Å². The van der Waals surface area contributed by atoms with Gasteiger partial charge in [-0.25, -0.2) is 0 Å². The summed E-state index contributed by atoms with van der Waals surface area (Å²) in [6, 6.07) is 4.37. The Kier molecular flexibility index (Phi) is 4.64. The summed E-state index contributed by atoms with van der Waals surface area (Å²) in [6.45, 7) is 3.96. The molecule has 1 N–H and O–H groups in total. The highest BCUT2D eigenvalue weighted by atomic mass is 79.9. The fourth-order valence-electron chi connectivity index (χ4n) is 2.59. The molecule has 1 fully saturated rings. The van der Waals surface area contributed by atoms with E-state index in [4.69, 9.17) is 4.74 Å². The molecule has 2 unspecified atom stereocenters. The van der Waals surface area contributed by atoms with Gasteiger partial charge in [0.05, 0.1) is 17.8 Å². The van der Waals surface area contributed by atoms with Gasteiger partial charge in [0.2, 0.25) is 0 Å². The lowest BCUT2D eigenvalue weighted by atomic mass is 9.99. The molecule has 112 valence electrons. The molecule has 1 saturated heterocycles. The Balaban J connectivity index is 2.14. The molecule has 1 aliphatic heterocycles. The van der Waals surface area contributed by atoms with Crippen LogP contribution in [0.3, 0.4) is 0 Å². The normalized spacial score (nSPS) is 27.4. The van der Waals surface area contributed by atoms with Crippen molar-refractivity contribution in [3.8, 4) is 0 Å². The van der Waals surface area contributed by atoms with Crippen LogP contribution in [0.25, 0.3) is 0 Å². The molecule has 20 heavy (non-hydrogen) atoms. The van der Waals surface area contributed by atoms with Crippen LogP contribution in [-0.2, 0) is 10.9 Å². The maximum atomic E-state index is 12.9. The molecule has 2 rings (SSSR count). The van der Waals surface area contributed by atoms with Gasteiger partial charge in [0.25, 0.3) is 0 Å². The van der Waals surface area contributed by atoms with E-state index in [0.29, 0.717) is 5.69 Å². The highest BCUT2D eigenvalue weighted by Crippen LogP contribution is 2.36. The summed E-state index contributed by atoms with van der Waals surface area (Å²) >= 11 is 2.94. The van der Waals surface area contributed by atoms with E-state index in [1.807, 2.05) is 13.8 Å². The number of ether oxygens (including phenoxy) is 1. The van der Waals surface area contributed by atoms with Gasteiger partial charge in [-0.3, -0.25) is 0 Å². The van der Waals surface area contributed by atoms with Gasteiger partial charge in [-0.05, 0) is 44.9 Å². The van der Waals surface area contributed by atoms with E-state index < -0.39 is 11.7 Å². The Morgan fingerprint density at radius 1 is 1.20 bits per heavy atom. The van der Waals surface area contributed by atoms with E-state index in [9.17, 15) is 13.2 Å². The highest BCUT2D eigenvalue weighted by Gasteiger charge is 2.33. The monoisotopic (exact) mass is 351 g/mol. The smallest absolute Gasteiger partial charge is 0.382 e. The first kappa shape index (κ1) is 15.6. The van der Waals surface area contributed by atoms with Gasteiger partial charge in [0.1, 0.15) is 0 Å². The topological polar surface area (TPSA) is 21.3 Å². The van der Waals surface area contributed by atoms with Crippen LogP contribution in [-0.4, -0.2) is 18.2 Å². The Morgan fingerprint density at radius 2 is 1.80 bits per heavy atom. The van der Waals surface area contributed by atoms with E-state index in [1.54, 1.807) is 6.07 Å². The fourth-order valence-corrected chi connectivity index (χ4v) is 3.06. The van der Waals surface area contributed by atoms with Gasteiger partial charge in [0, 0.05) is 16.2 Å². The Labute approximate surface area is 124 Å². The number of hydrogen-bond acceptors (Lipinski definition) is 2. The minimum absolute atomic E-state index is 0.0595. The van der Waals surface area contributed by atoms with Crippen LogP contribution in [0.5, 0.6) is 0 Å². The third kappa shape index (κ3) is 3.88. The van der Waals surface area contributed by atoms with Crippen LogP contribution in [0.1, 0.15) is 32.3 Å². The Hall–Kier alpha value is -0.750. The van der Waals surface area contributed by atoms with Crippen molar-refractivity contribution in [1.82, 2.24) is 0 Å². The molecule has 6 heteroatoms. The number of hydrogen-bond donors (Lipinski definition) is 1. The van der Waals surface area contributed by atoms with Crippen LogP contribution in [0.15, 0.2) is 22.7 Å². The van der Waals surface area contributed by atoms with Gasteiger partial charge in [0.15, 0.2) is 0 Å². The molecular weight excluding hydrogens is 335 g/mol. The molecule has 0 amide bonds. The van der Waals surface area contributed by atoms with E-state index >= 15 is 0 Å². The predicted octanol–water partition coefficient (Wildman–Crippen LogP) is 4.84. The van der Waals surface area contributed by atoms with Crippen molar-refractivity contribution in [1.29, 1.82) is 0 Å². The maximum absolute atomic E-state index is 12.9. The average Bonchev–Trinajstić information content (AvgIpc) is 2.29. The molecule has 1 aromatic rings. The number of benzene rings is 1. The van der Waals surface area contributed by atoms with Crippen LogP contribution >= 0.6 is 15.9 Å². The van der Waals surface area contributed by atoms with Crippen LogP contribution in [0.4, 0.5) is 18.9 Å². The maximum Gasteiger partial charge on any atom is 0.417 e. The predicted molar refractivity (Wildman–Crippen MR) is 75.8 cm³/mol. The molecule has 0 aromatic heterocycles. The van der Waals surface area contributed by atoms with Crippen LogP contribution in [0.2, 0.25) is 0 Å². The SMILES string of the molecule is CC1CC(Nc2ccc(Br)c(C(F)(F)F)c2)CC(C)O1. The summed E-state index contributed by atoms with van der Waals surface area (Å²) in [5.74, 6) is 0. The second kappa shape index (κ2) is 5.93. The molecule has 0 spiro atoms. The second-order valence-electron chi connectivity index (χ2n) is 5.26. The van der Waals surface area contributed by atoms with Crippen molar-refractivity contribution in [3.63, 3.8) is 0 Å². The van der Waals surface area contributed by atoms with Gasteiger partial charge < -0.3 is 10.1 Å². The van der Waals surface area contributed by atoms with E-state index in [-0.39, 0.29) is 22.7 Å². The molecule has 0 aliphatic carbocycles. The van der Waals surface area contributed by atoms with E-state index in [2.05, 4.69) is 21.2 Å². The molecule has 1 heterocycles. The van der Waals surface area contributed by atoms with Gasteiger partial charge in [-0.15, -0.1) is 0 Å². The molecule has 0 radical (unpaired) electrons. The largest absolute Gasteiger partial charge is 0.417 e. The van der Waals surface area contributed by atoms with Crippen molar-refractivity contribution in [2.45, 2.75) is 51.1 Å². The highest BCUT2D eigenvalue weighted by molar-refractivity contribution is 9.10. The lowest BCUT2D eigenvalue weighted by Crippen LogP contribution is -2.36. The first-order chi connectivity index (χ1) is 9.25. The number of alkyl halides is 3. The summed E-state index contributed by atoms with van der Waals surface area (Å²) < 4.78 is 44.2. The van der Waals surface area contributed by atoms with Crippen molar-refractivity contribution >= 4 is 21.6 Å². The number of nitrogens with one attached hydrogen (secondary N) is 1. The Bertz CT molecular complexity index is 468. The zero-order valence-electron chi connectivity index (χ0n) is 11.3. The minimum atomic E-state index is -4.35.